The van der Waals surface area contributed by atoms with Gasteiger partial charge in [0.05, 0.1) is 0 Å². The summed E-state index contributed by atoms with van der Waals surface area (Å²) in [4.78, 5) is 11.9. The van der Waals surface area contributed by atoms with Gasteiger partial charge in [-0.05, 0) is 39.3 Å². The number of nitrogens with one attached hydrogen (secondary N) is 1. The molecular weight excluding hydrogens is 218 g/mol. The molecule has 1 rings (SSSR count). The van der Waals surface area contributed by atoms with E-state index >= 15 is 0 Å². The number of carbonyl (C=O) groups is 1. The van der Waals surface area contributed by atoms with E-state index in [1.54, 1.807) is 32.9 Å². The molecule has 0 saturated carbocycles. The van der Waals surface area contributed by atoms with Gasteiger partial charge in [0.25, 0.3) is 5.91 Å². The molecule has 0 aliphatic carbocycles. The molecule has 1 aromatic carbocycles. The second-order valence-electron chi connectivity index (χ2n) is 4.57. The topological polar surface area (TPSA) is 58.6 Å². The van der Waals surface area contributed by atoms with Gasteiger partial charge in [0.2, 0.25) is 0 Å². The molecule has 2 N–H and O–H groups in total. The maximum absolute atomic E-state index is 11.9. The van der Waals surface area contributed by atoms with Crippen molar-refractivity contribution in [2.75, 3.05) is 12.4 Å². The molecule has 4 heteroatoms. The van der Waals surface area contributed by atoms with Crippen LogP contribution in [0.3, 0.4) is 0 Å². The van der Waals surface area contributed by atoms with E-state index in [9.17, 15) is 9.90 Å². The Bertz CT molecular complexity index is 439. The maximum Gasteiger partial charge on any atom is 0.256 e. The smallest absolute Gasteiger partial charge is 0.256 e. The van der Waals surface area contributed by atoms with E-state index < -0.39 is 5.60 Å². The maximum atomic E-state index is 11.9. The Balaban J connectivity index is 2.98. The Morgan fingerprint density at radius 1 is 1.35 bits per heavy atom. The molecule has 0 spiro atoms. The molecule has 0 heterocycles. The number of carbonyl (C=O) groups excluding carboxylic acids is 1. The van der Waals surface area contributed by atoms with Gasteiger partial charge in [-0.3, -0.25) is 4.79 Å². The third kappa shape index (κ3) is 2.77. The average Bonchev–Trinajstić information content (AvgIpc) is 2.29. The Morgan fingerprint density at radius 3 is 2.47 bits per heavy atom. The minimum absolute atomic E-state index is 0.207. The fraction of sp³-hybridized carbons (Fsp3) is 0.462. The SMILES string of the molecule is COC(C)(C)C(=O)Nc1ccc(C)c(O)c1C. The van der Waals surface area contributed by atoms with E-state index in [4.69, 9.17) is 4.74 Å². The van der Waals surface area contributed by atoms with Crippen LogP contribution < -0.4 is 5.32 Å². The number of phenolic OH excluding ortho intramolecular Hbond substituents is 1. The standard InChI is InChI=1S/C13H19NO3/c1-8-6-7-10(9(2)11(8)15)14-12(16)13(3,4)17-5/h6-7,15H,1-5H3,(H,14,16). The number of phenols is 1. The van der Waals surface area contributed by atoms with Crippen LogP contribution in [0.5, 0.6) is 5.75 Å². The first-order chi connectivity index (χ1) is 7.79. The first kappa shape index (κ1) is 13.5. The highest BCUT2D eigenvalue weighted by Crippen LogP contribution is 2.28. The summed E-state index contributed by atoms with van der Waals surface area (Å²) in [5.74, 6) is -0.0376. The minimum atomic E-state index is -0.896. The van der Waals surface area contributed by atoms with E-state index in [1.807, 2.05) is 6.92 Å². The van der Waals surface area contributed by atoms with Crippen LogP contribution in [0.1, 0.15) is 25.0 Å². The molecule has 0 radical (unpaired) electrons. The number of amides is 1. The van der Waals surface area contributed by atoms with Gasteiger partial charge in [0, 0.05) is 18.4 Å². The van der Waals surface area contributed by atoms with E-state index in [0.29, 0.717) is 11.3 Å². The number of aromatic hydroxyl groups is 1. The molecular formula is C13H19NO3. The van der Waals surface area contributed by atoms with Gasteiger partial charge >= 0.3 is 0 Å². The molecule has 0 saturated heterocycles. The van der Waals surface area contributed by atoms with Crippen molar-refractivity contribution >= 4 is 11.6 Å². The number of ether oxygens (including phenoxy) is 1. The highest BCUT2D eigenvalue weighted by atomic mass is 16.5. The zero-order chi connectivity index (χ0) is 13.2. The van der Waals surface area contributed by atoms with Crippen LogP contribution in [0.25, 0.3) is 0 Å². The molecule has 0 aliphatic heterocycles. The lowest BCUT2D eigenvalue weighted by molar-refractivity contribution is -0.133. The lowest BCUT2D eigenvalue weighted by Crippen LogP contribution is -2.38. The first-order valence-corrected chi connectivity index (χ1v) is 5.45. The van der Waals surface area contributed by atoms with Gasteiger partial charge in [-0.15, -0.1) is 0 Å². The van der Waals surface area contributed by atoms with Crippen molar-refractivity contribution in [1.29, 1.82) is 0 Å². The lowest BCUT2D eigenvalue weighted by Gasteiger charge is -2.22. The molecule has 17 heavy (non-hydrogen) atoms. The predicted octanol–water partition coefficient (Wildman–Crippen LogP) is 2.37. The van der Waals surface area contributed by atoms with Gasteiger partial charge in [-0.25, -0.2) is 0 Å². The van der Waals surface area contributed by atoms with Crippen LogP contribution >= 0.6 is 0 Å². The first-order valence-electron chi connectivity index (χ1n) is 5.45. The van der Waals surface area contributed by atoms with E-state index in [1.165, 1.54) is 7.11 Å². The van der Waals surface area contributed by atoms with Crippen LogP contribution in [0, 0.1) is 13.8 Å². The summed E-state index contributed by atoms with van der Waals surface area (Å²) in [5.41, 5.74) is 1.15. The second-order valence-corrected chi connectivity index (χ2v) is 4.57. The quantitative estimate of drug-likeness (QED) is 0.848. The fourth-order valence-electron chi connectivity index (χ4n) is 1.34. The van der Waals surface area contributed by atoms with E-state index in [-0.39, 0.29) is 11.7 Å². The number of hydrogen-bond donors (Lipinski definition) is 2. The Kier molecular flexibility index (Phi) is 3.78. The number of rotatable bonds is 3. The Labute approximate surface area is 102 Å². The average molecular weight is 237 g/mol. The predicted molar refractivity (Wildman–Crippen MR) is 67.3 cm³/mol. The molecule has 0 atom stereocenters. The summed E-state index contributed by atoms with van der Waals surface area (Å²) < 4.78 is 5.09. The van der Waals surface area contributed by atoms with Crippen molar-refractivity contribution in [3.8, 4) is 5.75 Å². The van der Waals surface area contributed by atoms with Gasteiger partial charge in [-0.2, -0.15) is 0 Å². The molecule has 0 unspecified atom stereocenters. The monoisotopic (exact) mass is 237 g/mol. The van der Waals surface area contributed by atoms with Gasteiger partial charge in [0.15, 0.2) is 0 Å². The van der Waals surface area contributed by atoms with Gasteiger partial charge in [-0.1, -0.05) is 6.07 Å². The van der Waals surface area contributed by atoms with Crippen LogP contribution in [0.15, 0.2) is 12.1 Å². The van der Waals surface area contributed by atoms with Crippen molar-refractivity contribution < 1.29 is 14.6 Å². The van der Waals surface area contributed by atoms with Crippen molar-refractivity contribution in [3.63, 3.8) is 0 Å². The molecule has 0 aliphatic rings. The summed E-state index contributed by atoms with van der Waals surface area (Å²) >= 11 is 0. The third-order valence-corrected chi connectivity index (χ3v) is 2.94. The summed E-state index contributed by atoms with van der Waals surface area (Å²) in [7, 11) is 1.49. The summed E-state index contributed by atoms with van der Waals surface area (Å²) in [6.45, 7) is 6.95. The van der Waals surface area contributed by atoms with Crippen molar-refractivity contribution in [3.05, 3.63) is 23.3 Å². The molecule has 1 amide bonds. The Hall–Kier alpha value is -1.55. The lowest BCUT2D eigenvalue weighted by atomic mass is 10.1. The molecule has 0 aromatic heterocycles. The van der Waals surface area contributed by atoms with Gasteiger partial charge in [0.1, 0.15) is 11.4 Å². The van der Waals surface area contributed by atoms with Crippen molar-refractivity contribution in [2.45, 2.75) is 33.3 Å². The van der Waals surface area contributed by atoms with Crippen molar-refractivity contribution in [1.82, 2.24) is 0 Å². The molecule has 1 aromatic rings. The normalized spacial score (nSPS) is 11.4. The summed E-state index contributed by atoms with van der Waals surface area (Å²) in [6, 6.07) is 3.53. The number of methoxy groups -OCH3 is 1. The Morgan fingerprint density at radius 2 is 1.94 bits per heavy atom. The zero-order valence-electron chi connectivity index (χ0n) is 10.9. The van der Waals surface area contributed by atoms with Crippen molar-refractivity contribution in [2.24, 2.45) is 0 Å². The van der Waals surface area contributed by atoms with Crippen LogP contribution in [0.2, 0.25) is 0 Å². The molecule has 0 fully saturated rings. The largest absolute Gasteiger partial charge is 0.507 e. The second kappa shape index (κ2) is 4.75. The van der Waals surface area contributed by atoms with Crippen LogP contribution in [0.4, 0.5) is 5.69 Å². The molecule has 4 nitrogen and oxygen atoms in total. The summed E-state index contributed by atoms with van der Waals surface area (Å²) in [5, 5.41) is 12.5. The summed E-state index contributed by atoms with van der Waals surface area (Å²) in [6.07, 6.45) is 0. The highest BCUT2D eigenvalue weighted by molar-refractivity contribution is 5.97. The number of benzene rings is 1. The molecule has 94 valence electrons. The minimum Gasteiger partial charge on any atom is -0.507 e. The number of anilines is 1. The third-order valence-electron chi connectivity index (χ3n) is 2.94. The van der Waals surface area contributed by atoms with E-state index in [0.717, 1.165) is 5.56 Å². The van der Waals surface area contributed by atoms with Crippen LogP contribution in [-0.4, -0.2) is 23.7 Å². The zero-order valence-corrected chi connectivity index (χ0v) is 10.9. The fourth-order valence-corrected chi connectivity index (χ4v) is 1.34. The highest BCUT2D eigenvalue weighted by Gasteiger charge is 2.27. The number of aryl methyl sites for hydroxylation is 1. The molecule has 0 bridgehead atoms. The van der Waals surface area contributed by atoms with Crippen LogP contribution in [-0.2, 0) is 9.53 Å². The number of hydrogen-bond acceptors (Lipinski definition) is 3. The van der Waals surface area contributed by atoms with E-state index in [2.05, 4.69) is 5.32 Å². The van der Waals surface area contributed by atoms with Gasteiger partial charge < -0.3 is 15.2 Å².